The first-order chi connectivity index (χ1) is 19.9. The van der Waals surface area contributed by atoms with Crippen LogP contribution in [-0.2, 0) is 13.0 Å². The summed E-state index contributed by atoms with van der Waals surface area (Å²) in [4.78, 5) is 29.6. The second-order valence-corrected chi connectivity index (χ2v) is 10.5. The Kier molecular flexibility index (Phi) is 7.06. The predicted molar refractivity (Wildman–Crippen MR) is 159 cm³/mol. The number of nitrogens with zero attached hydrogens (tertiary/aromatic N) is 1. The molecule has 5 aromatic rings. The molecule has 1 unspecified atom stereocenters. The smallest absolute Gasteiger partial charge is 0.290 e. The fourth-order valence-electron chi connectivity index (χ4n) is 5.62. The van der Waals surface area contributed by atoms with Crippen molar-refractivity contribution < 1.29 is 18.7 Å². The van der Waals surface area contributed by atoms with Crippen molar-refractivity contribution in [3.05, 3.63) is 140 Å². The average Bonchev–Trinajstić information content (AvgIpc) is 3.27. The van der Waals surface area contributed by atoms with Crippen molar-refractivity contribution in [2.24, 2.45) is 0 Å². The van der Waals surface area contributed by atoms with Crippen molar-refractivity contribution in [2.45, 2.75) is 32.9 Å². The number of ether oxygens (including phenoxy) is 2. The second-order valence-electron chi connectivity index (χ2n) is 10.5. The summed E-state index contributed by atoms with van der Waals surface area (Å²) in [5, 5.41) is 0.520. The molecular weight excluding hydrogens is 514 g/mol. The lowest BCUT2D eigenvalue weighted by Crippen LogP contribution is -2.31. The van der Waals surface area contributed by atoms with Crippen LogP contribution in [0.5, 0.6) is 11.5 Å². The van der Waals surface area contributed by atoms with Gasteiger partial charge in [0.15, 0.2) is 5.43 Å². The molecule has 0 N–H and O–H groups in total. The molecule has 4 aromatic carbocycles. The molecule has 6 rings (SSSR count). The van der Waals surface area contributed by atoms with E-state index in [1.807, 2.05) is 105 Å². The Morgan fingerprint density at radius 2 is 1.54 bits per heavy atom. The molecule has 0 aliphatic carbocycles. The molecule has 1 atom stereocenters. The number of hydrogen-bond donors (Lipinski definition) is 0. The number of carbonyl (C=O) groups excluding carboxylic acids is 1. The summed E-state index contributed by atoms with van der Waals surface area (Å²) < 4.78 is 17.5. The lowest BCUT2D eigenvalue weighted by Gasteiger charge is -2.25. The zero-order chi connectivity index (χ0) is 28.5. The summed E-state index contributed by atoms with van der Waals surface area (Å²) in [6, 6.07) is 28.6. The van der Waals surface area contributed by atoms with Gasteiger partial charge in [-0.1, -0.05) is 60.7 Å². The van der Waals surface area contributed by atoms with E-state index in [1.54, 1.807) is 12.0 Å². The van der Waals surface area contributed by atoms with Crippen LogP contribution in [0, 0.1) is 13.8 Å². The molecule has 6 nitrogen and oxygen atoms in total. The van der Waals surface area contributed by atoms with Crippen molar-refractivity contribution in [3.8, 4) is 11.5 Å². The van der Waals surface area contributed by atoms with E-state index >= 15 is 0 Å². The zero-order valence-corrected chi connectivity index (χ0v) is 23.3. The van der Waals surface area contributed by atoms with Gasteiger partial charge in [0.2, 0.25) is 5.76 Å². The van der Waals surface area contributed by atoms with Crippen LogP contribution in [-0.4, -0.2) is 24.5 Å². The molecule has 6 heteroatoms. The van der Waals surface area contributed by atoms with Crippen LogP contribution in [0.1, 0.15) is 50.0 Å². The second kappa shape index (κ2) is 11.0. The van der Waals surface area contributed by atoms with E-state index in [0.29, 0.717) is 41.9 Å². The number of rotatable bonds is 8. The van der Waals surface area contributed by atoms with Gasteiger partial charge in [0, 0.05) is 6.54 Å². The number of benzene rings is 4. The van der Waals surface area contributed by atoms with Crippen molar-refractivity contribution in [1.29, 1.82) is 0 Å². The molecule has 206 valence electrons. The molecular formula is C35H31NO5. The third-order valence-electron chi connectivity index (χ3n) is 7.66. The highest BCUT2D eigenvalue weighted by atomic mass is 16.5. The Morgan fingerprint density at radius 3 is 2.24 bits per heavy atom. The van der Waals surface area contributed by atoms with E-state index in [4.69, 9.17) is 13.9 Å². The summed E-state index contributed by atoms with van der Waals surface area (Å²) in [7, 11) is 1.63. The maximum Gasteiger partial charge on any atom is 0.290 e. The van der Waals surface area contributed by atoms with Gasteiger partial charge in [-0.2, -0.15) is 0 Å². The number of fused-ring (bicyclic) bond motifs is 2. The Labute approximate surface area is 238 Å². The predicted octanol–water partition coefficient (Wildman–Crippen LogP) is 6.79. The van der Waals surface area contributed by atoms with Crippen LogP contribution in [0.25, 0.3) is 11.0 Å². The quantitative estimate of drug-likeness (QED) is 0.215. The van der Waals surface area contributed by atoms with E-state index < -0.39 is 6.04 Å². The highest BCUT2D eigenvalue weighted by molar-refractivity contribution is 5.99. The van der Waals surface area contributed by atoms with Crippen LogP contribution in [0.2, 0.25) is 0 Å². The number of methoxy groups -OCH3 is 1. The topological polar surface area (TPSA) is 69.0 Å². The summed E-state index contributed by atoms with van der Waals surface area (Å²) >= 11 is 0. The lowest BCUT2D eigenvalue weighted by molar-refractivity contribution is 0.0730. The van der Waals surface area contributed by atoms with E-state index in [1.165, 1.54) is 0 Å². The Hall–Kier alpha value is -4.84. The van der Waals surface area contributed by atoms with Crippen LogP contribution >= 0.6 is 0 Å². The summed E-state index contributed by atoms with van der Waals surface area (Å²) in [5.74, 6) is 1.33. The number of aryl methyl sites for hydroxylation is 2. The SMILES string of the molecule is COc1ccc(CCN2C(=O)c3oc4cc(C)cc(C)c4c(=O)c3C2c2ccc(OCc3ccccc3)cc2)cc1. The van der Waals surface area contributed by atoms with Crippen LogP contribution < -0.4 is 14.9 Å². The minimum absolute atomic E-state index is 0.122. The first kappa shape index (κ1) is 26.4. The van der Waals surface area contributed by atoms with Crippen molar-refractivity contribution in [3.63, 3.8) is 0 Å². The van der Waals surface area contributed by atoms with Gasteiger partial charge in [-0.15, -0.1) is 0 Å². The fourth-order valence-corrected chi connectivity index (χ4v) is 5.62. The molecule has 1 amide bonds. The first-order valence-electron chi connectivity index (χ1n) is 13.7. The van der Waals surface area contributed by atoms with Gasteiger partial charge < -0.3 is 18.8 Å². The van der Waals surface area contributed by atoms with Gasteiger partial charge in [-0.05, 0) is 78.4 Å². The molecule has 1 aromatic heterocycles. The van der Waals surface area contributed by atoms with Crippen molar-refractivity contribution in [1.82, 2.24) is 4.90 Å². The minimum atomic E-state index is -0.569. The maximum absolute atomic E-state index is 14.0. The molecule has 0 bridgehead atoms. The van der Waals surface area contributed by atoms with E-state index in [0.717, 1.165) is 33.6 Å². The third-order valence-corrected chi connectivity index (χ3v) is 7.66. The molecule has 0 saturated heterocycles. The molecule has 41 heavy (non-hydrogen) atoms. The molecule has 0 radical (unpaired) electrons. The van der Waals surface area contributed by atoms with Gasteiger partial charge in [0.25, 0.3) is 5.91 Å². The highest BCUT2D eigenvalue weighted by Gasteiger charge is 2.42. The lowest BCUT2D eigenvalue weighted by atomic mass is 9.96. The Bertz CT molecular complexity index is 1770. The molecule has 1 aliphatic heterocycles. The van der Waals surface area contributed by atoms with Gasteiger partial charge in [-0.25, -0.2) is 0 Å². The van der Waals surface area contributed by atoms with E-state index in [9.17, 15) is 9.59 Å². The largest absolute Gasteiger partial charge is 0.497 e. The fraction of sp³-hybridized carbons (Fsp3) is 0.200. The molecule has 0 fully saturated rings. The number of carbonyl (C=O) groups is 1. The van der Waals surface area contributed by atoms with Crippen LogP contribution in [0.4, 0.5) is 0 Å². The summed E-state index contributed by atoms with van der Waals surface area (Å²) in [6.07, 6.45) is 0.615. The molecule has 0 spiro atoms. The summed E-state index contributed by atoms with van der Waals surface area (Å²) in [6.45, 7) is 4.73. The van der Waals surface area contributed by atoms with E-state index in [2.05, 4.69) is 0 Å². The number of hydrogen-bond acceptors (Lipinski definition) is 5. The summed E-state index contributed by atoms with van der Waals surface area (Å²) in [5.41, 5.74) is 5.46. The molecule has 0 saturated carbocycles. The maximum atomic E-state index is 14.0. The first-order valence-corrected chi connectivity index (χ1v) is 13.7. The van der Waals surface area contributed by atoms with Crippen LogP contribution in [0.3, 0.4) is 0 Å². The van der Waals surface area contributed by atoms with Gasteiger partial charge in [0.1, 0.15) is 23.7 Å². The molecule has 1 aliphatic rings. The Balaban J connectivity index is 1.37. The third kappa shape index (κ3) is 5.09. The van der Waals surface area contributed by atoms with Crippen molar-refractivity contribution >= 4 is 16.9 Å². The van der Waals surface area contributed by atoms with Crippen molar-refractivity contribution in [2.75, 3.05) is 13.7 Å². The monoisotopic (exact) mass is 545 g/mol. The van der Waals surface area contributed by atoms with E-state index in [-0.39, 0.29) is 17.1 Å². The standard InChI is InChI=1S/C35H31NO5/c1-22-19-23(2)30-29(20-22)41-34-31(33(30)37)32(36(35(34)38)18-17-24-9-13-27(39-3)14-10-24)26-11-15-28(16-12-26)40-21-25-7-5-4-6-8-25/h4-16,19-20,32H,17-18,21H2,1-3H3. The average molecular weight is 546 g/mol. The minimum Gasteiger partial charge on any atom is -0.497 e. The van der Waals surface area contributed by atoms with Gasteiger partial charge in [-0.3, -0.25) is 9.59 Å². The van der Waals surface area contributed by atoms with Gasteiger partial charge in [0.05, 0.1) is 24.1 Å². The Morgan fingerprint density at radius 1 is 0.829 bits per heavy atom. The molecule has 2 heterocycles. The van der Waals surface area contributed by atoms with Crippen LogP contribution in [0.15, 0.2) is 100 Å². The van der Waals surface area contributed by atoms with Gasteiger partial charge >= 0.3 is 0 Å². The number of amides is 1. The highest BCUT2D eigenvalue weighted by Crippen LogP contribution is 2.39. The normalized spacial score (nSPS) is 14.4. The zero-order valence-electron chi connectivity index (χ0n) is 23.3.